The maximum Gasteiger partial charge on any atom is 0.156 e. The molecule has 1 aliphatic carbocycles. The molecule has 1 aromatic heterocycles. The average molecular weight is 235 g/mol. The summed E-state index contributed by atoms with van der Waals surface area (Å²) in [6.45, 7) is 4.65. The summed E-state index contributed by atoms with van der Waals surface area (Å²) in [6, 6.07) is 1.77. The van der Waals surface area contributed by atoms with Crippen LogP contribution in [-0.2, 0) is 11.3 Å². The molecule has 17 heavy (non-hydrogen) atoms. The van der Waals surface area contributed by atoms with Gasteiger partial charge in [0.2, 0.25) is 0 Å². The number of ether oxygens (including phenoxy) is 1. The quantitative estimate of drug-likeness (QED) is 0.874. The second-order valence-corrected chi connectivity index (χ2v) is 4.96. The monoisotopic (exact) mass is 235 g/mol. The molecule has 1 aliphatic rings. The highest BCUT2D eigenvalue weighted by atomic mass is 16.5. The van der Waals surface area contributed by atoms with Gasteiger partial charge in [0.05, 0.1) is 6.10 Å². The molecule has 1 saturated carbocycles. The predicted molar refractivity (Wildman–Crippen MR) is 67.4 cm³/mol. The minimum Gasteiger partial charge on any atom is -0.384 e. The van der Waals surface area contributed by atoms with Crippen molar-refractivity contribution in [1.29, 1.82) is 0 Å². The number of aryl methyl sites for hydroxylation is 1. The summed E-state index contributed by atoms with van der Waals surface area (Å²) in [5.41, 5.74) is 6.58. The molecule has 1 heterocycles. The normalized spacial score (nSPS) is 24.8. The zero-order valence-electron chi connectivity index (χ0n) is 10.6. The highest BCUT2D eigenvalue weighted by Gasteiger charge is 2.22. The molecule has 0 saturated heterocycles. The van der Waals surface area contributed by atoms with Gasteiger partial charge in [-0.05, 0) is 25.7 Å². The van der Waals surface area contributed by atoms with Gasteiger partial charge in [0, 0.05) is 11.8 Å². The minimum atomic E-state index is 0.356. The number of anilines is 1. The van der Waals surface area contributed by atoms with Crippen LogP contribution in [0.5, 0.6) is 0 Å². The first-order valence-corrected chi connectivity index (χ1v) is 6.37. The second-order valence-electron chi connectivity index (χ2n) is 4.96. The number of nitrogens with two attached hydrogens (primary N) is 1. The molecule has 0 radical (unpaired) electrons. The lowest BCUT2D eigenvalue weighted by Gasteiger charge is -2.28. The van der Waals surface area contributed by atoms with Gasteiger partial charge in [0.15, 0.2) is 5.82 Å². The molecule has 2 rings (SSSR count). The van der Waals surface area contributed by atoms with E-state index in [1.165, 1.54) is 19.3 Å². The first-order chi connectivity index (χ1) is 8.15. The zero-order chi connectivity index (χ0) is 12.3. The van der Waals surface area contributed by atoms with Gasteiger partial charge in [0.1, 0.15) is 12.4 Å². The van der Waals surface area contributed by atoms with E-state index in [-0.39, 0.29) is 0 Å². The number of rotatable bonds is 3. The van der Waals surface area contributed by atoms with Gasteiger partial charge < -0.3 is 10.5 Å². The fourth-order valence-electron chi connectivity index (χ4n) is 2.43. The van der Waals surface area contributed by atoms with Crippen LogP contribution < -0.4 is 5.73 Å². The molecule has 0 aromatic carbocycles. The summed E-state index contributed by atoms with van der Waals surface area (Å²) in [5.74, 6) is 1.86. The third-order valence-electron chi connectivity index (χ3n) is 3.38. The standard InChI is InChI=1S/C13H21N3O/c1-9-5-3-4-6-11(9)17-8-13-15-10(2)7-12(14)16-13/h7,9,11H,3-6,8H2,1-2H3,(H2,14,15,16). The van der Waals surface area contributed by atoms with Crippen LogP contribution >= 0.6 is 0 Å². The average Bonchev–Trinajstić information content (AvgIpc) is 2.27. The minimum absolute atomic E-state index is 0.356. The summed E-state index contributed by atoms with van der Waals surface area (Å²) in [4.78, 5) is 8.51. The summed E-state index contributed by atoms with van der Waals surface area (Å²) in [5, 5.41) is 0. The highest BCUT2D eigenvalue weighted by molar-refractivity contribution is 5.28. The van der Waals surface area contributed by atoms with Crippen LogP contribution in [0.15, 0.2) is 6.07 Å². The van der Waals surface area contributed by atoms with Crippen LogP contribution in [-0.4, -0.2) is 16.1 Å². The number of nitrogens with zero attached hydrogens (tertiary/aromatic N) is 2. The van der Waals surface area contributed by atoms with Gasteiger partial charge in [-0.15, -0.1) is 0 Å². The van der Waals surface area contributed by atoms with E-state index in [9.17, 15) is 0 Å². The number of hydrogen-bond donors (Lipinski definition) is 1. The Labute approximate surface area is 103 Å². The molecular weight excluding hydrogens is 214 g/mol. The largest absolute Gasteiger partial charge is 0.384 e. The zero-order valence-corrected chi connectivity index (χ0v) is 10.6. The van der Waals surface area contributed by atoms with Crippen molar-refractivity contribution in [3.8, 4) is 0 Å². The summed E-state index contributed by atoms with van der Waals surface area (Å²) in [7, 11) is 0. The third kappa shape index (κ3) is 3.40. The van der Waals surface area contributed by atoms with Gasteiger partial charge in [-0.25, -0.2) is 9.97 Å². The van der Waals surface area contributed by atoms with Crippen LogP contribution in [0.3, 0.4) is 0 Å². The van der Waals surface area contributed by atoms with E-state index in [1.54, 1.807) is 6.07 Å². The maximum absolute atomic E-state index is 5.91. The van der Waals surface area contributed by atoms with E-state index in [1.807, 2.05) is 6.92 Å². The molecule has 2 unspecified atom stereocenters. The first kappa shape index (κ1) is 12.3. The Morgan fingerprint density at radius 2 is 2.12 bits per heavy atom. The van der Waals surface area contributed by atoms with Crippen molar-refractivity contribution >= 4 is 5.82 Å². The Morgan fingerprint density at radius 3 is 2.82 bits per heavy atom. The van der Waals surface area contributed by atoms with E-state index in [4.69, 9.17) is 10.5 Å². The van der Waals surface area contributed by atoms with Crippen molar-refractivity contribution in [3.63, 3.8) is 0 Å². The van der Waals surface area contributed by atoms with Crippen molar-refractivity contribution in [3.05, 3.63) is 17.6 Å². The molecule has 0 aliphatic heterocycles. The SMILES string of the molecule is Cc1cc(N)nc(COC2CCCCC2C)n1. The topological polar surface area (TPSA) is 61.0 Å². The molecule has 1 aromatic rings. The lowest BCUT2D eigenvalue weighted by atomic mass is 9.88. The summed E-state index contributed by atoms with van der Waals surface area (Å²) < 4.78 is 5.91. The van der Waals surface area contributed by atoms with Gasteiger partial charge in [-0.3, -0.25) is 0 Å². The Hall–Kier alpha value is -1.16. The van der Waals surface area contributed by atoms with E-state index in [0.717, 1.165) is 12.1 Å². The molecule has 4 heteroatoms. The predicted octanol–water partition coefficient (Wildman–Crippen LogP) is 2.46. The molecule has 4 nitrogen and oxygen atoms in total. The molecular formula is C13H21N3O. The van der Waals surface area contributed by atoms with Crippen LogP contribution in [0.2, 0.25) is 0 Å². The Kier molecular flexibility index (Phi) is 3.94. The van der Waals surface area contributed by atoms with Crippen molar-refractivity contribution in [2.75, 3.05) is 5.73 Å². The molecule has 0 spiro atoms. The number of nitrogen functional groups attached to an aromatic ring is 1. The number of hydrogen-bond acceptors (Lipinski definition) is 4. The highest BCUT2D eigenvalue weighted by Crippen LogP contribution is 2.26. The van der Waals surface area contributed by atoms with Crippen LogP contribution in [0.4, 0.5) is 5.82 Å². The van der Waals surface area contributed by atoms with Crippen LogP contribution in [0.1, 0.15) is 44.1 Å². The fraction of sp³-hybridized carbons (Fsp3) is 0.692. The van der Waals surface area contributed by atoms with E-state index in [0.29, 0.717) is 30.3 Å². The van der Waals surface area contributed by atoms with Crippen LogP contribution in [0.25, 0.3) is 0 Å². The molecule has 1 fully saturated rings. The van der Waals surface area contributed by atoms with Crippen molar-refractivity contribution in [1.82, 2.24) is 9.97 Å². The van der Waals surface area contributed by atoms with E-state index >= 15 is 0 Å². The van der Waals surface area contributed by atoms with Gasteiger partial charge in [-0.2, -0.15) is 0 Å². The summed E-state index contributed by atoms with van der Waals surface area (Å²) in [6.07, 6.45) is 5.37. The van der Waals surface area contributed by atoms with Crippen molar-refractivity contribution in [2.24, 2.45) is 5.92 Å². The van der Waals surface area contributed by atoms with E-state index in [2.05, 4.69) is 16.9 Å². The van der Waals surface area contributed by atoms with Gasteiger partial charge >= 0.3 is 0 Å². The fourth-order valence-corrected chi connectivity index (χ4v) is 2.43. The van der Waals surface area contributed by atoms with Crippen LogP contribution in [0, 0.1) is 12.8 Å². The molecule has 2 atom stereocenters. The molecule has 94 valence electrons. The third-order valence-corrected chi connectivity index (χ3v) is 3.38. The summed E-state index contributed by atoms with van der Waals surface area (Å²) >= 11 is 0. The lowest BCUT2D eigenvalue weighted by molar-refractivity contribution is -0.0182. The first-order valence-electron chi connectivity index (χ1n) is 6.37. The number of aromatic nitrogens is 2. The lowest BCUT2D eigenvalue weighted by Crippen LogP contribution is -2.25. The maximum atomic E-state index is 5.91. The molecule has 2 N–H and O–H groups in total. The van der Waals surface area contributed by atoms with E-state index < -0.39 is 0 Å². The molecule has 0 amide bonds. The van der Waals surface area contributed by atoms with Crippen molar-refractivity contribution in [2.45, 2.75) is 52.2 Å². The Bertz CT molecular complexity index is 361. The smallest absolute Gasteiger partial charge is 0.156 e. The second kappa shape index (κ2) is 5.45. The Morgan fingerprint density at radius 1 is 1.35 bits per heavy atom. The van der Waals surface area contributed by atoms with Gasteiger partial charge in [0.25, 0.3) is 0 Å². The molecule has 0 bridgehead atoms. The van der Waals surface area contributed by atoms with Crippen molar-refractivity contribution < 1.29 is 4.74 Å². The Balaban J connectivity index is 1.92. The van der Waals surface area contributed by atoms with Gasteiger partial charge in [-0.1, -0.05) is 19.8 Å².